The molecule has 0 aliphatic heterocycles. The van der Waals surface area contributed by atoms with Crippen LogP contribution in [0.3, 0.4) is 0 Å². The number of nitrogens with zero attached hydrogens (tertiary/aromatic N) is 1. The van der Waals surface area contributed by atoms with Gasteiger partial charge in [-0.2, -0.15) is 0 Å². The van der Waals surface area contributed by atoms with Crippen molar-refractivity contribution in [2.75, 3.05) is 6.54 Å². The highest BCUT2D eigenvalue weighted by molar-refractivity contribution is 6.80. The topological polar surface area (TPSA) is 3.24 Å². The molecule has 0 aromatic carbocycles. The molecule has 1 nitrogen and oxygen atoms in total. The van der Waals surface area contributed by atoms with Gasteiger partial charge in [0.1, 0.15) is 18.6 Å². The van der Waals surface area contributed by atoms with Gasteiger partial charge in [0.15, 0.2) is 0 Å². The lowest BCUT2D eigenvalue weighted by atomic mass is 10.8. The molecule has 0 saturated carbocycles. The monoisotopic (exact) mass is 186 g/mol. The Morgan fingerprint density at radius 1 is 1.00 bits per heavy atom. The van der Waals surface area contributed by atoms with Crippen LogP contribution in [0.4, 0.5) is 0 Å². The van der Waals surface area contributed by atoms with Crippen LogP contribution >= 0.6 is 0 Å². The Kier molecular flexibility index (Phi) is 5.30. The van der Waals surface area contributed by atoms with Crippen molar-refractivity contribution in [3.05, 3.63) is 0 Å². The van der Waals surface area contributed by atoms with Gasteiger partial charge in [0.2, 0.25) is 0 Å². The number of rotatable bonds is 5. The summed E-state index contributed by atoms with van der Waals surface area (Å²) in [6, 6.07) is 4.08. The first-order chi connectivity index (χ1) is 5.16. The van der Waals surface area contributed by atoms with Crippen LogP contribution < -0.4 is 0 Å². The lowest BCUT2D eigenvalue weighted by Crippen LogP contribution is -2.50. The van der Waals surface area contributed by atoms with Crippen LogP contribution in [0.1, 0.15) is 27.7 Å². The zero-order valence-electron chi connectivity index (χ0n) is 8.28. The van der Waals surface area contributed by atoms with Crippen LogP contribution in [0.25, 0.3) is 0 Å². The first-order valence-electron chi connectivity index (χ1n) is 4.65. The molecule has 3 heteroatoms. The number of hydrogen-bond acceptors (Lipinski definition) is 1. The summed E-state index contributed by atoms with van der Waals surface area (Å²) < 4.78 is 2.42. The van der Waals surface area contributed by atoms with Gasteiger partial charge >= 0.3 is 0 Å². The smallest absolute Gasteiger partial charge is 0.135 e. The van der Waals surface area contributed by atoms with Crippen molar-refractivity contribution in [1.29, 1.82) is 0 Å². The van der Waals surface area contributed by atoms with E-state index < -0.39 is 8.24 Å². The van der Waals surface area contributed by atoms with E-state index in [-0.39, 0.29) is 0 Å². The molecule has 0 spiro atoms. The Morgan fingerprint density at radius 2 is 1.36 bits per heavy atom. The third-order valence-corrected chi connectivity index (χ3v) is 10.0. The summed E-state index contributed by atoms with van der Waals surface area (Å²) in [4.78, 5) is 0. The van der Waals surface area contributed by atoms with E-state index in [0.717, 1.165) is 6.54 Å². The van der Waals surface area contributed by atoms with E-state index >= 15 is 0 Å². The van der Waals surface area contributed by atoms with Gasteiger partial charge in [-0.05, 0) is 24.7 Å². The molecule has 0 aromatic rings. The van der Waals surface area contributed by atoms with Crippen molar-refractivity contribution >= 4 is 18.6 Å². The second-order valence-electron chi connectivity index (χ2n) is 3.03. The highest BCUT2D eigenvalue weighted by Crippen LogP contribution is 2.22. The molecule has 0 saturated heterocycles. The number of hydrogen-bond donors (Lipinski definition) is 0. The normalized spacial score (nSPS) is 12.5. The first kappa shape index (κ1) is 11.4. The van der Waals surface area contributed by atoms with Gasteiger partial charge in [-0.15, -0.1) is 0 Å². The molecule has 0 atom stereocenters. The van der Waals surface area contributed by atoms with Crippen molar-refractivity contribution in [2.24, 2.45) is 0 Å². The highest BCUT2D eigenvalue weighted by Gasteiger charge is 2.30. The van der Waals surface area contributed by atoms with E-state index in [1.165, 1.54) is 18.1 Å². The maximum Gasteiger partial charge on any atom is 0.135 e. The first-order valence-corrected chi connectivity index (χ1v) is 7.67. The summed E-state index contributed by atoms with van der Waals surface area (Å²) >= 11 is 0. The second-order valence-corrected chi connectivity index (χ2v) is 9.13. The summed E-state index contributed by atoms with van der Waals surface area (Å²) in [7, 11) is 2.65. The van der Waals surface area contributed by atoms with Crippen molar-refractivity contribution in [3.63, 3.8) is 0 Å². The van der Waals surface area contributed by atoms with Crippen LogP contribution in [-0.2, 0) is 0 Å². The lowest BCUT2D eigenvalue weighted by molar-refractivity contribution is 0.668. The van der Waals surface area contributed by atoms with E-state index in [1.807, 2.05) is 0 Å². The molecular weight excluding hydrogens is 166 g/mol. The molecule has 0 aromatic heterocycles. The van der Waals surface area contributed by atoms with Crippen molar-refractivity contribution in [2.45, 2.75) is 45.8 Å². The van der Waals surface area contributed by atoms with Crippen molar-refractivity contribution in [3.8, 4) is 0 Å². The lowest BCUT2D eigenvalue weighted by Gasteiger charge is -2.37. The zero-order valence-corrected chi connectivity index (χ0v) is 10.3. The zero-order chi connectivity index (χ0) is 8.91. The molecule has 0 N–H and O–H groups in total. The van der Waals surface area contributed by atoms with Crippen LogP contribution in [0.5, 0.6) is 0 Å². The summed E-state index contributed by atoms with van der Waals surface area (Å²) in [6.45, 7) is 10.3. The van der Waals surface area contributed by atoms with Crippen LogP contribution in [0.2, 0.25) is 18.1 Å². The Labute approximate surface area is 75.8 Å². The van der Waals surface area contributed by atoms with E-state index in [4.69, 9.17) is 0 Å². The second kappa shape index (κ2) is 5.11. The molecule has 0 heterocycles. The summed E-state index contributed by atoms with van der Waals surface area (Å²) in [6.07, 6.45) is 0. The van der Waals surface area contributed by atoms with Gasteiger partial charge in [-0.25, -0.2) is 0 Å². The van der Waals surface area contributed by atoms with Crippen LogP contribution in [0.15, 0.2) is 0 Å². The summed E-state index contributed by atoms with van der Waals surface area (Å²) in [5.41, 5.74) is 0. The molecular formula is C8H20NSi2. The quantitative estimate of drug-likeness (QED) is 0.596. The molecule has 0 rings (SSSR count). The minimum atomic E-state index is -1.07. The molecule has 0 bridgehead atoms. The van der Waals surface area contributed by atoms with Gasteiger partial charge in [0.05, 0.1) is 0 Å². The van der Waals surface area contributed by atoms with Crippen molar-refractivity contribution < 1.29 is 0 Å². The molecule has 11 heavy (non-hydrogen) atoms. The van der Waals surface area contributed by atoms with Crippen molar-refractivity contribution in [1.82, 2.24) is 4.23 Å². The summed E-state index contributed by atoms with van der Waals surface area (Å²) in [5.74, 6) is 0. The van der Waals surface area contributed by atoms with Gasteiger partial charge in [0, 0.05) is 0 Å². The fourth-order valence-electron chi connectivity index (χ4n) is 1.66. The Hall–Kier alpha value is 0.394. The standard InChI is InChI=1S/C8H20NSi2/c1-5-9(10)11(6-2,7-3)8-4/h5-8H2,1-4H3. The largest absolute Gasteiger partial charge is 0.349 e. The molecule has 0 amide bonds. The van der Waals surface area contributed by atoms with Crippen LogP contribution in [0, 0.1) is 0 Å². The Morgan fingerprint density at radius 3 is 1.45 bits per heavy atom. The third-order valence-electron chi connectivity index (χ3n) is 2.86. The molecule has 65 valence electrons. The minimum Gasteiger partial charge on any atom is -0.349 e. The van der Waals surface area contributed by atoms with Gasteiger partial charge in [0.25, 0.3) is 0 Å². The highest BCUT2D eigenvalue weighted by atomic mass is 28.4. The summed E-state index contributed by atoms with van der Waals surface area (Å²) in [5, 5.41) is 0. The molecule has 0 aliphatic rings. The SMILES string of the molecule is CCN([Si])[Si](CC)(CC)CC. The molecule has 0 fully saturated rings. The average Bonchev–Trinajstić information content (AvgIpc) is 2.08. The van der Waals surface area contributed by atoms with Gasteiger partial charge in [-0.3, -0.25) is 0 Å². The Bertz CT molecular complexity index is 94.0. The molecule has 0 aliphatic carbocycles. The van der Waals surface area contributed by atoms with Gasteiger partial charge in [-0.1, -0.05) is 27.7 Å². The fraction of sp³-hybridized carbons (Fsp3) is 1.00. The molecule has 0 unspecified atom stereocenters. The Balaban J connectivity index is 4.26. The maximum atomic E-state index is 3.73. The third kappa shape index (κ3) is 2.42. The van der Waals surface area contributed by atoms with E-state index in [0.29, 0.717) is 0 Å². The average molecular weight is 186 g/mol. The van der Waals surface area contributed by atoms with E-state index in [1.54, 1.807) is 0 Å². The van der Waals surface area contributed by atoms with Gasteiger partial charge < -0.3 is 4.23 Å². The van der Waals surface area contributed by atoms with Crippen LogP contribution in [-0.4, -0.2) is 29.4 Å². The minimum absolute atomic E-state index is 1.07. The molecule has 3 radical (unpaired) electrons. The fourth-order valence-corrected chi connectivity index (χ4v) is 6.40. The predicted octanol–water partition coefficient (Wildman–Crippen LogP) is 2.40. The maximum absolute atomic E-state index is 3.73. The van der Waals surface area contributed by atoms with E-state index in [2.05, 4.69) is 42.3 Å². The van der Waals surface area contributed by atoms with E-state index in [9.17, 15) is 0 Å². The predicted molar refractivity (Wildman–Crippen MR) is 55.3 cm³/mol.